The van der Waals surface area contributed by atoms with Crippen molar-refractivity contribution in [2.24, 2.45) is 5.92 Å². The zero-order valence-corrected chi connectivity index (χ0v) is 9.06. The van der Waals surface area contributed by atoms with Crippen LogP contribution in [0.1, 0.15) is 20.8 Å². The predicted molar refractivity (Wildman–Crippen MR) is 57.0 cm³/mol. The van der Waals surface area contributed by atoms with E-state index in [0.29, 0.717) is 18.0 Å². The maximum atomic E-state index is 3.56. The normalized spacial score (nSPS) is 32.3. The molecule has 2 atom stereocenters. The summed E-state index contributed by atoms with van der Waals surface area (Å²) in [7, 11) is 0. The Morgan fingerprint density at radius 1 is 1.08 bits per heavy atom. The minimum Gasteiger partial charge on any atom is -0.314 e. The lowest BCUT2D eigenvalue weighted by molar-refractivity contribution is 0.390. The molecule has 0 spiro atoms. The van der Waals surface area contributed by atoms with Gasteiger partial charge in [0, 0.05) is 38.3 Å². The number of hydrogen-bond donors (Lipinski definition) is 3. The first-order chi connectivity index (χ1) is 6.20. The summed E-state index contributed by atoms with van der Waals surface area (Å²) in [4.78, 5) is 0. The number of rotatable bonds is 1. The largest absolute Gasteiger partial charge is 0.314 e. The summed E-state index contributed by atoms with van der Waals surface area (Å²) in [6.45, 7) is 11.1. The van der Waals surface area contributed by atoms with Crippen molar-refractivity contribution in [3.05, 3.63) is 0 Å². The molecule has 0 saturated carbocycles. The van der Waals surface area contributed by atoms with Crippen molar-refractivity contribution >= 4 is 0 Å². The van der Waals surface area contributed by atoms with Crippen LogP contribution in [0.15, 0.2) is 0 Å². The molecular weight excluding hydrogens is 162 g/mol. The Hall–Kier alpha value is -0.120. The number of hydrogen-bond acceptors (Lipinski definition) is 3. The van der Waals surface area contributed by atoms with E-state index in [2.05, 4.69) is 36.7 Å². The minimum atomic E-state index is 0.590. The molecule has 3 N–H and O–H groups in total. The molecule has 1 rings (SSSR count). The van der Waals surface area contributed by atoms with Gasteiger partial charge in [-0.1, -0.05) is 13.8 Å². The van der Waals surface area contributed by atoms with E-state index >= 15 is 0 Å². The molecule has 0 aromatic rings. The van der Waals surface area contributed by atoms with E-state index in [0.717, 1.165) is 26.2 Å². The summed E-state index contributed by atoms with van der Waals surface area (Å²) < 4.78 is 0. The van der Waals surface area contributed by atoms with Crippen molar-refractivity contribution in [2.75, 3.05) is 26.2 Å². The third-order valence-corrected chi connectivity index (χ3v) is 2.64. The lowest BCUT2D eigenvalue weighted by atomic mass is 10.0. The van der Waals surface area contributed by atoms with Crippen LogP contribution >= 0.6 is 0 Å². The Labute approximate surface area is 81.7 Å². The van der Waals surface area contributed by atoms with E-state index in [4.69, 9.17) is 0 Å². The first kappa shape index (κ1) is 11.0. The van der Waals surface area contributed by atoms with Crippen molar-refractivity contribution in [1.82, 2.24) is 16.0 Å². The van der Waals surface area contributed by atoms with Crippen LogP contribution in [0.25, 0.3) is 0 Å². The van der Waals surface area contributed by atoms with Crippen LogP contribution in [-0.4, -0.2) is 38.3 Å². The maximum absolute atomic E-state index is 3.56. The molecule has 0 bridgehead atoms. The summed E-state index contributed by atoms with van der Waals surface area (Å²) in [6, 6.07) is 1.21. The number of nitrogens with one attached hydrogen (secondary N) is 3. The molecule has 3 heteroatoms. The van der Waals surface area contributed by atoms with E-state index in [1.807, 2.05) is 0 Å². The molecule has 3 nitrogen and oxygen atoms in total. The van der Waals surface area contributed by atoms with Gasteiger partial charge in [0.2, 0.25) is 0 Å². The van der Waals surface area contributed by atoms with Crippen molar-refractivity contribution in [3.8, 4) is 0 Å². The van der Waals surface area contributed by atoms with E-state index in [9.17, 15) is 0 Å². The van der Waals surface area contributed by atoms with Crippen LogP contribution < -0.4 is 16.0 Å². The highest BCUT2D eigenvalue weighted by atomic mass is 15.1. The first-order valence-electron chi connectivity index (χ1n) is 5.37. The van der Waals surface area contributed by atoms with Crippen LogP contribution in [0.3, 0.4) is 0 Å². The average Bonchev–Trinajstić information content (AvgIpc) is 2.16. The summed E-state index contributed by atoms with van der Waals surface area (Å²) in [6.07, 6.45) is 0. The molecule has 0 aromatic carbocycles. The highest BCUT2D eigenvalue weighted by Gasteiger charge is 2.14. The second-order valence-corrected chi connectivity index (χ2v) is 4.32. The topological polar surface area (TPSA) is 36.1 Å². The van der Waals surface area contributed by atoms with Crippen LogP contribution in [0, 0.1) is 5.92 Å². The molecule has 1 aliphatic heterocycles. The quantitative estimate of drug-likeness (QED) is 0.545. The molecule has 0 amide bonds. The molecule has 1 heterocycles. The van der Waals surface area contributed by atoms with Crippen LogP contribution in [0.5, 0.6) is 0 Å². The SMILES string of the molecule is CC(C)[C@H]1CNC[C@H](C)NCCN1. The van der Waals surface area contributed by atoms with Gasteiger partial charge in [0.15, 0.2) is 0 Å². The van der Waals surface area contributed by atoms with Gasteiger partial charge < -0.3 is 16.0 Å². The van der Waals surface area contributed by atoms with Gasteiger partial charge in [-0.15, -0.1) is 0 Å². The molecule has 0 aliphatic carbocycles. The Morgan fingerprint density at radius 2 is 1.77 bits per heavy atom. The zero-order chi connectivity index (χ0) is 9.68. The first-order valence-corrected chi connectivity index (χ1v) is 5.37. The van der Waals surface area contributed by atoms with Gasteiger partial charge in [-0.05, 0) is 12.8 Å². The van der Waals surface area contributed by atoms with Gasteiger partial charge in [0.1, 0.15) is 0 Å². The van der Waals surface area contributed by atoms with Crippen molar-refractivity contribution in [1.29, 1.82) is 0 Å². The van der Waals surface area contributed by atoms with Crippen LogP contribution in [0.4, 0.5) is 0 Å². The van der Waals surface area contributed by atoms with E-state index in [1.165, 1.54) is 0 Å². The van der Waals surface area contributed by atoms with E-state index in [1.54, 1.807) is 0 Å². The molecule has 78 valence electrons. The maximum Gasteiger partial charge on any atom is 0.0215 e. The zero-order valence-electron chi connectivity index (χ0n) is 9.06. The lowest BCUT2D eigenvalue weighted by Gasteiger charge is -2.21. The van der Waals surface area contributed by atoms with Crippen LogP contribution in [0.2, 0.25) is 0 Å². The van der Waals surface area contributed by atoms with Crippen molar-refractivity contribution in [2.45, 2.75) is 32.9 Å². The van der Waals surface area contributed by atoms with Gasteiger partial charge >= 0.3 is 0 Å². The predicted octanol–water partition coefficient (Wildman–Crippen LogP) is 0.182. The monoisotopic (exact) mass is 185 g/mol. The van der Waals surface area contributed by atoms with Gasteiger partial charge in [-0.2, -0.15) is 0 Å². The summed E-state index contributed by atoms with van der Waals surface area (Å²) in [5.41, 5.74) is 0. The fraction of sp³-hybridized carbons (Fsp3) is 1.00. The molecule has 0 unspecified atom stereocenters. The van der Waals surface area contributed by atoms with Gasteiger partial charge in [-0.25, -0.2) is 0 Å². The second kappa shape index (κ2) is 5.58. The summed E-state index contributed by atoms with van der Waals surface area (Å²) in [5.74, 6) is 0.709. The second-order valence-electron chi connectivity index (χ2n) is 4.32. The minimum absolute atomic E-state index is 0.590. The molecule has 0 aromatic heterocycles. The standard InChI is InChI=1S/C10H23N3/c1-8(2)10-7-11-6-9(3)12-4-5-13-10/h8-13H,4-7H2,1-3H3/t9-,10+/m0/s1. The summed E-state index contributed by atoms with van der Waals surface area (Å²) in [5, 5.41) is 10.5. The fourth-order valence-electron chi connectivity index (χ4n) is 1.65. The molecular formula is C10H23N3. The fourth-order valence-corrected chi connectivity index (χ4v) is 1.65. The van der Waals surface area contributed by atoms with Crippen molar-refractivity contribution in [3.63, 3.8) is 0 Å². The Bertz CT molecular complexity index is 136. The van der Waals surface area contributed by atoms with Crippen molar-refractivity contribution < 1.29 is 0 Å². The highest BCUT2D eigenvalue weighted by Crippen LogP contribution is 2.00. The molecule has 1 fully saturated rings. The lowest BCUT2D eigenvalue weighted by Crippen LogP contribution is -2.43. The van der Waals surface area contributed by atoms with E-state index in [-0.39, 0.29) is 0 Å². The average molecular weight is 185 g/mol. The highest BCUT2D eigenvalue weighted by molar-refractivity contribution is 4.77. The van der Waals surface area contributed by atoms with Gasteiger partial charge in [0.25, 0.3) is 0 Å². The third kappa shape index (κ3) is 4.07. The van der Waals surface area contributed by atoms with Gasteiger partial charge in [-0.3, -0.25) is 0 Å². The van der Waals surface area contributed by atoms with Crippen LogP contribution in [-0.2, 0) is 0 Å². The smallest absolute Gasteiger partial charge is 0.0215 e. The van der Waals surface area contributed by atoms with Gasteiger partial charge in [0.05, 0.1) is 0 Å². The Balaban J connectivity index is 2.34. The molecule has 13 heavy (non-hydrogen) atoms. The van der Waals surface area contributed by atoms with E-state index < -0.39 is 0 Å². The summed E-state index contributed by atoms with van der Waals surface area (Å²) >= 11 is 0. The molecule has 0 radical (unpaired) electrons. The molecule has 1 saturated heterocycles. The third-order valence-electron chi connectivity index (χ3n) is 2.64. The Morgan fingerprint density at radius 3 is 2.46 bits per heavy atom. The molecule has 1 aliphatic rings. The Kier molecular flexibility index (Phi) is 4.70.